The van der Waals surface area contributed by atoms with E-state index in [9.17, 15) is 14.7 Å². The normalized spacial score (nSPS) is 22.4. The van der Waals surface area contributed by atoms with Crippen molar-refractivity contribution >= 4 is 11.9 Å². The van der Waals surface area contributed by atoms with Gasteiger partial charge in [0.15, 0.2) is 11.4 Å². The maximum absolute atomic E-state index is 11.9. The third-order valence-corrected chi connectivity index (χ3v) is 3.89. The smallest absolute Gasteiger partial charge is 0.354 e. The van der Waals surface area contributed by atoms with Crippen LogP contribution in [0.4, 0.5) is 0 Å². The van der Waals surface area contributed by atoms with Gasteiger partial charge in [-0.05, 0) is 24.7 Å². The average Bonchev–Trinajstić information content (AvgIpc) is 2.94. The fourth-order valence-corrected chi connectivity index (χ4v) is 2.73. The number of nitrogens with zero attached hydrogens (tertiary/aromatic N) is 1. The highest BCUT2D eigenvalue weighted by atomic mass is 16.4. The summed E-state index contributed by atoms with van der Waals surface area (Å²) in [6, 6.07) is 0. The van der Waals surface area contributed by atoms with Gasteiger partial charge in [0.2, 0.25) is 0 Å². The van der Waals surface area contributed by atoms with Gasteiger partial charge in [0, 0.05) is 13.2 Å². The summed E-state index contributed by atoms with van der Waals surface area (Å²) in [5.41, 5.74) is -0.307. The van der Waals surface area contributed by atoms with Crippen LogP contribution >= 0.6 is 0 Å². The highest BCUT2D eigenvalue weighted by Crippen LogP contribution is 2.29. The molecule has 110 valence electrons. The number of rotatable bonds is 5. The van der Waals surface area contributed by atoms with Gasteiger partial charge in [-0.15, -0.1) is 0 Å². The summed E-state index contributed by atoms with van der Waals surface area (Å²) in [6.45, 7) is 0.569. The van der Waals surface area contributed by atoms with E-state index in [1.165, 1.54) is 6.33 Å². The molecule has 4 N–H and O–H groups in total. The van der Waals surface area contributed by atoms with Crippen molar-refractivity contribution in [3.63, 3.8) is 0 Å². The number of amides is 1. The fraction of sp³-hybridized carbons (Fsp3) is 0.615. The van der Waals surface area contributed by atoms with Crippen LogP contribution in [0, 0.1) is 11.8 Å². The van der Waals surface area contributed by atoms with Gasteiger partial charge < -0.3 is 20.5 Å². The summed E-state index contributed by atoms with van der Waals surface area (Å²) in [4.78, 5) is 29.0. The van der Waals surface area contributed by atoms with Crippen LogP contribution in [-0.4, -0.2) is 45.2 Å². The van der Waals surface area contributed by atoms with Gasteiger partial charge in [-0.1, -0.05) is 12.8 Å². The number of nitrogens with one attached hydrogen (secondary N) is 2. The van der Waals surface area contributed by atoms with E-state index >= 15 is 0 Å². The topological polar surface area (TPSA) is 115 Å². The molecule has 7 nitrogen and oxygen atoms in total. The summed E-state index contributed by atoms with van der Waals surface area (Å²) in [5, 5.41) is 21.0. The first kappa shape index (κ1) is 14.5. The molecule has 0 aliphatic heterocycles. The van der Waals surface area contributed by atoms with Gasteiger partial charge >= 0.3 is 5.97 Å². The molecular weight excluding hydrogens is 262 g/mol. The molecule has 2 unspecified atom stereocenters. The van der Waals surface area contributed by atoms with Crippen molar-refractivity contribution < 1.29 is 19.8 Å². The predicted molar refractivity (Wildman–Crippen MR) is 70.4 cm³/mol. The molecule has 1 aliphatic carbocycles. The van der Waals surface area contributed by atoms with E-state index in [0.717, 1.165) is 25.7 Å². The van der Waals surface area contributed by atoms with Gasteiger partial charge in [-0.3, -0.25) is 4.79 Å². The number of aliphatic hydroxyl groups is 1. The van der Waals surface area contributed by atoms with Crippen LogP contribution in [0.1, 0.15) is 46.7 Å². The standard InChI is InChI=1S/C13H19N3O4/c17-6-9-4-2-1-3-8(9)5-14-12(18)10-11(13(19)20)16-7-15-10/h7-9,17H,1-6H2,(H,14,18)(H,15,16)(H,19,20). The molecule has 1 saturated carbocycles. The molecule has 1 aromatic heterocycles. The maximum Gasteiger partial charge on any atom is 0.354 e. The largest absolute Gasteiger partial charge is 0.477 e. The number of carboxylic acids is 1. The third kappa shape index (κ3) is 3.16. The molecule has 7 heteroatoms. The first-order valence-corrected chi connectivity index (χ1v) is 6.79. The van der Waals surface area contributed by atoms with Crippen LogP contribution < -0.4 is 5.32 Å². The van der Waals surface area contributed by atoms with E-state index in [-0.39, 0.29) is 29.8 Å². The Morgan fingerprint density at radius 3 is 2.70 bits per heavy atom. The minimum atomic E-state index is -1.21. The number of carbonyl (C=O) groups is 2. The summed E-state index contributed by atoms with van der Waals surface area (Å²) in [6.07, 6.45) is 5.34. The Bertz CT molecular complexity index is 486. The van der Waals surface area contributed by atoms with Crippen LogP contribution in [0.5, 0.6) is 0 Å². The van der Waals surface area contributed by atoms with Gasteiger partial charge in [0.05, 0.1) is 6.33 Å². The second-order valence-electron chi connectivity index (χ2n) is 5.13. The molecular formula is C13H19N3O4. The minimum Gasteiger partial charge on any atom is -0.477 e. The number of carboxylic acid groups (broad SMARTS) is 1. The van der Waals surface area contributed by atoms with Crippen LogP contribution in [0.25, 0.3) is 0 Å². The molecule has 2 atom stereocenters. The van der Waals surface area contributed by atoms with Gasteiger partial charge in [-0.2, -0.15) is 0 Å². The first-order chi connectivity index (χ1) is 9.63. The third-order valence-electron chi connectivity index (χ3n) is 3.89. The van der Waals surface area contributed by atoms with Crippen molar-refractivity contribution in [2.45, 2.75) is 25.7 Å². The van der Waals surface area contributed by atoms with Gasteiger partial charge in [-0.25, -0.2) is 9.78 Å². The van der Waals surface area contributed by atoms with Crippen molar-refractivity contribution in [1.82, 2.24) is 15.3 Å². The van der Waals surface area contributed by atoms with E-state index in [2.05, 4.69) is 15.3 Å². The van der Waals surface area contributed by atoms with Crippen molar-refractivity contribution in [3.8, 4) is 0 Å². The summed E-state index contributed by atoms with van der Waals surface area (Å²) < 4.78 is 0. The Balaban J connectivity index is 1.94. The second kappa shape index (κ2) is 6.51. The van der Waals surface area contributed by atoms with E-state index in [1.807, 2.05) is 0 Å². The second-order valence-corrected chi connectivity index (χ2v) is 5.13. The Labute approximate surface area is 116 Å². The van der Waals surface area contributed by atoms with Crippen LogP contribution in [-0.2, 0) is 0 Å². The van der Waals surface area contributed by atoms with E-state index in [1.54, 1.807) is 0 Å². The Kier molecular flexibility index (Phi) is 4.73. The highest BCUT2D eigenvalue weighted by molar-refractivity contribution is 6.02. The lowest BCUT2D eigenvalue weighted by molar-refractivity contribution is 0.0684. The number of hydrogen-bond donors (Lipinski definition) is 4. The van der Waals surface area contributed by atoms with Crippen LogP contribution in [0.15, 0.2) is 6.33 Å². The fourth-order valence-electron chi connectivity index (χ4n) is 2.73. The monoisotopic (exact) mass is 281 g/mol. The van der Waals surface area contributed by atoms with E-state index in [4.69, 9.17) is 5.11 Å². The van der Waals surface area contributed by atoms with Crippen molar-refractivity contribution in [2.24, 2.45) is 11.8 Å². The molecule has 0 spiro atoms. The average molecular weight is 281 g/mol. The lowest BCUT2D eigenvalue weighted by Crippen LogP contribution is -2.36. The molecule has 1 fully saturated rings. The lowest BCUT2D eigenvalue weighted by Gasteiger charge is -2.30. The molecule has 0 saturated heterocycles. The van der Waals surface area contributed by atoms with Crippen LogP contribution in [0.2, 0.25) is 0 Å². The Morgan fingerprint density at radius 2 is 2.05 bits per heavy atom. The number of H-pyrrole nitrogens is 1. The quantitative estimate of drug-likeness (QED) is 0.632. The predicted octanol–water partition coefficient (Wildman–Crippen LogP) is 0.636. The summed E-state index contributed by atoms with van der Waals surface area (Å²) in [7, 11) is 0. The highest BCUT2D eigenvalue weighted by Gasteiger charge is 2.26. The number of aromatic carboxylic acids is 1. The molecule has 20 heavy (non-hydrogen) atoms. The number of aromatic amines is 1. The molecule has 1 heterocycles. The van der Waals surface area contributed by atoms with E-state index < -0.39 is 11.9 Å². The van der Waals surface area contributed by atoms with E-state index in [0.29, 0.717) is 6.54 Å². The summed E-state index contributed by atoms with van der Waals surface area (Å²) in [5.74, 6) is -1.25. The molecule has 1 aromatic rings. The minimum absolute atomic E-state index is 0.103. The first-order valence-electron chi connectivity index (χ1n) is 6.79. The lowest BCUT2D eigenvalue weighted by atomic mass is 9.79. The van der Waals surface area contributed by atoms with Gasteiger partial charge in [0.1, 0.15) is 0 Å². The zero-order valence-electron chi connectivity index (χ0n) is 11.1. The number of imidazole rings is 1. The van der Waals surface area contributed by atoms with Gasteiger partial charge in [0.25, 0.3) is 5.91 Å². The molecule has 1 aliphatic rings. The number of aliphatic hydroxyl groups excluding tert-OH is 1. The van der Waals surface area contributed by atoms with Crippen molar-refractivity contribution in [3.05, 3.63) is 17.7 Å². The zero-order chi connectivity index (χ0) is 14.5. The number of aromatic nitrogens is 2. The maximum atomic E-state index is 11.9. The molecule has 0 bridgehead atoms. The molecule has 0 radical (unpaired) electrons. The number of hydrogen-bond acceptors (Lipinski definition) is 4. The van der Waals surface area contributed by atoms with Crippen molar-refractivity contribution in [1.29, 1.82) is 0 Å². The summed E-state index contributed by atoms with van der Waals surface area (Å²) >= 11 is 0. The molecule has 0 aromatic carbocycles. The Morgan fingerprint density at radius 1 is 1.35 bits per heavy atom. The molecule has 2 rings (SSSR count). The van der Waals surface area contributed by atoms with Crippen LogP contribution in [0.3, 0.4) is 0 Å². The SMILES string of the molecule is O=C(NCC1CCCCC1CO)c1nc[nH]c1C(=O)O. The number of carbonyl (C=O) groups excluding carboxylic acids is 1. The molecule has 1 amide bonds. The van der Waals surface area contributed by atoms with Crippen molar-refractivity contribution in [2.75, 3.05) is 13.2 Å². The Hall–Kier alpha value is -1.89. The zero-order valence-corrected chi connectivity index (χ0v) is 11.1.